The normalized spacial score (nSPS) is 11.8. The average Bonchev–Trinajstić information content (AvgIpc) is 2.40. The molecule has 0 saturated heterocycles. The summed E-state index contributed by atoms with van der Waals surface area (Å²) in [6.07, 6.45) is 2.28. The molecular formula is C15H17N3O. The fraction of sp³-hybridized carbons (Fsp3) is 0.200. The zero-order valence-corrected chi connectivity index (χ0v) is 10.8. The first-order chi connectivity index (χ1) is 9.15. The third-order valence-electron chi connectivity index (χ3n) is 2.78. The SMILES string of the molecule is CC(Cc1ccccc1)NC(=O)c1ccc(N)cn1. The number of nitrogens with one attached hydrogen (secondary N) is 1. The lowest BCUT2D eigenvalue weighted by atomic mass is 10.1. The molecule has 0 spiro atoms. The smallest absolute Gasteiger partial charge is 0.270 e. The van der Waals surface area contributed by atoms with Gasteiger partial charge in [0.2, 0.25) is 0 Å². The summed E-state index contributed by atoms with van der Waals surface area (Å²) in [6, 6.07) is 13.4. The van der Waals surface area contributed by atoms with Gasteiger partial charge in [-0.15, -0.1) is 0 Å². The van der Waals surface area contributed by atoms with Gasteiger partial charge in [-0.3, -0.25) is 4.79 Å². The van der Waals surface area contributed by atoms with Crippen LogP contribution in [-0.2, 0) is 6.42 Å². The lowest BCUT2D eigenvalue weighted by Gasteiger charge is -2.13. The number of nitrogens with two attached hydrogens (primary N) is 1. The van der Waals surface area contributed by atoms with E-state index in [1.165, 1.54) is 11.8 Å². The van der Waals surface area contributed by atoms with Crippen molar-refractivity contribution in [2.24, 2.45) is 0 Å². The van der Waals surface area contributed by atoms with Crippen molar-refractivity contribution in [2.75, 3.05) is 5.73 Å². The molecule has 4 heteroatoms. The summed E-state index contributed by atoms with van der Waals surface area (Å²) < 4.78 is 0. The van der Waals surface area contributed by atoms with E-state index in [0.29, 0.717) is 11.4 Å². The number of aromatic nitrogens is 1. The van der Waals surface area contributed by atoms with E-state index in [-0.39, 0.29) is 11.9 Å². The van der Waals surface area contributed by atoms with Gasteiger partial charge in [0.1, 0.15) is 5.69 Å². The molecule has 1 amide bonds. The molecule has 19 heavy (non-hydrogen) atoms. The Hall–Kier alpha value is -2.36. The maximum atomic E-state index is 11.9. The lowest BCUT2D eigenvalue weighted by molar-refractivity contribution is 0.0935. The topological polar surface area (TPSA) is 68.0 Å². The second-order valence-corrected chi connectivity index (χ2v) is 4.54. The molecule has 0 fully saturated rings. The van der Waals surface area contributed by atoms with Crippen LogP contribution in [0.4, 0.5) is 5.69 Å². The number of nitrogens with zero attached hydrogens (tertiary/aromatic N) is 1. The number of carbonyl (C=O) groups excluding carboxylic acids is 1. The van der Waals surface area contributed by atoms with Crippen LogP contribution in [0.25, 0.3) is 0 Å². The van der Waals surface area contributed by atoms with Crippen molar-refractivity contribution >= 4 is 11.6 Å². The van der Waals surface area contributed by atoms with Crippen LogP contribution in [0.15, 0.2) is 48.7 Å². The molecule has 0 aliphatic rings. The Morgan fingerprint density at radius 1 is 1.26 bits per heavy atom. The Morgan fingerprint density at radius 3 is 2.63 bits per heavy atom. The molecule has 2 aromatic rings. The van der Waals surface area contributed by atoms with Crippen molar-refractivity contribution in [3.05, 3.63) is 59.9 Å². The van der Waals surface area contributed by atoms with E-state index in [0.717, 1.165) is 6.42 Å². The molecule has 0 aliphatic carbocycles. The van der Waals surface area contributed by atoms with Crippen LogP contribution in [0.3, 0.4) is 0 Å². The van der Waals surface area contributed by atoms with E-state index in [4.69, 9.17) is 5.73 Å². The van der Waals surface area contributed by atoms with Gasteiger partial charge in [0.25, 0.3) is 5.91 Å². The largest absolute Gasteiger partial charge is 0.397 e. The molecule has 3 N–H and O–H groups in total. The molecule has 2 rings (SSSR count). The first-order valence-corrected chi connectivity index (χ1v) is 6.21. The summed E-state index contributed by atoms with van der Waals surface area (Å²) in [5, 5.41) is 2.92. The van der Waals surface area contributed by atoms with Crippen LogP contribution in [-0.4, -0.2) is 16.9 Å². The van der Waals surface area contributed by atoms with Gasteiger partial charge >= 0.3 is 0 Å². The molecular weight excluding hydrogens is 238 g/mol. The Balaban J connectivity index is 1.93. The van der Waals surface area contributed by atoms with E-state index in [2.05, 4.69) is 10.3 Å². The van der Waals surface area contributed by atoms with Crippen LogP contribution in [0, 0.1) is 0 Å². The maximum Gasteiger partial charge on any atom is 0.270 e. The molecule has 1 atom stereocenters. The Morgan fingerprint density at radius 2 is 2.00 bits per heavy atom. The van der Waals surface area contributed by atoms with Crippen LogP contribution < -0.4 is 11.1 Å². The Bertz CT molecular complexity index is 537. The van der Waals surface area contributed by atoms with Crippen molar-refractivity contribution in [1.29, 1.82) is 0 Å². The molecule has 0 radical (unpaired) electrons. The standard InChI is InChI=1S/C15H17N3O/c1-11(9-12-5-3-2-4-6-12)18-15(19)14-8-7-13(16)10-17-14/h2-8,10-11H,9,16H2,1H3,(H,18,19). The second-order valence-electron chi connectivity index (χ2n) is 4.54. The minimum Gasteiger partial charge on any atom is -0.397 e. The summed E-state index contributed by atoms with van der Waals surface area (Å²) in [5.74, 6) is -0.177. The number of pyridine rings is 1. The molecule has 0 bridgehead atoms. The van der Waals surface area contributed by atoms with Crippen molar-refractivity contribution in [3.63, 3.8) is 0 Å². The molecule has 1 aromatic carbocycles. The molecule has 4 nitrogen and oxygen atoms in total. The van der Waals surface area contributed by atoms with Crippen molar-refractivity contribution < 1.29 is 4.79 Å². The van der Waals surface area contributed by atoms with Gasteiger partial charge in [0.05, 0.1) is 11.9 Å². The first kappa shape index (κ1) is 13.1. The summed E-state index contributed by atoms with van der Waals surface area (Å²) in [7, 11) is 0. The highest BCUT2D eigenvalue weighted by molar-refractivity contribution is 5.92. The third kappa shape index (κ3) is 3.81. The summed E-state index contributed by atoms with van der Waals surface area (Å²) in [4.78, 5) is 15.9. The highest BCUT2D eigenvalue weighted by atomic mass is 16.1. The number of amides is 1. The highest BCUT2D eigenvalue weighted by Crippen LogP contribution is 2.05. The van der Waals surface area contributed by atoms with Gasteiger partial charge in [0, 0.05) is 6.04 Å². The number of nitrogen functional groups attached to an aromatic ring is 1. The summed E-state index contributed by atoms with van der Waals surface area (Å²) in [6.45, 7) is 1.97. The van der Waals surface area contributed by atoms with Crippen LogP contribution in [0.1, 0.15) is 23.0 Å². The van der Waals surface area contributed by atoms with E-state index < -0.39 is 0 Å². The van der Waals surface area contributed by atoms with E-state index in [9.17, 15) is 4.79 Å². The summed E-state index contributed by atoms with van der Waals surface area (Å²) >= 11 is 0. The fourth-order valence-corrected chi connectivity index (χ4v) is 1.86. The minimum atomic E-state index is -0.177. The number of anilines is 1. The predicted molar refractivity (Wildman–Crippen MR) is 75.7 cm³/mol. The molecule has 1 unspecified atom stereocenters. The van der Waals surface area contributed by atoms with Crippen LogP contribution in [0.5, 0.6) is 0 Å². The van der Waals surface area contributed by atoms with Gasteiger partial charge in [-0.05, 0) is 31.0 Å². The molecule has 1 heterocycles. The average molecular weight is 255 g/mol. The Kier molecular flexibility index (Phi) is 4.13. The fourth-order valence-electron chi connectivity index (χ4n) is 1.86. The van der Waals surface area contributed by atoms with Gasteiger partial charge in [-0.25, -0.2) is 4.98 Å². The monoisotopic (exact) mass is 255 g/mol. The zero-order valence-electron chi connectivity index (χ0n) is 10.8. The molecule has 0 aliphatic heterocycles. The minimum absolute atomic E-state index is 0.0502. The number of hydrogen-bond donors (Lipinski definition) is 2. The first-order valence-electron chi connectivity index (χ1n) is 6.21. The maximum absolute atomic E-state index is 11.9. The van der Waals surface area contributed by atoms with E-state index in [1.54, 1.807) is 12.1 Å². The number of hydrogen-bond acceptors (Lipinski definition) is 3. The predicted octanol–water partition coefficient (Wildman–Crippen LogP) is 2.02. The zero-order chi connectivity index (χ0) is 13.7. The van der Waals surface area contributed by atoms with Gasteiger partial charge < -0.3 is 11.1 Å². The highest BCUT2D eigenvalue weighted by Gasteiger charge is 2.11. The van der Waals surface area contributed by atoms with Gasteiger partial charge in [-0.2, -0.15) is 0 Å². The number of rotatable bonds is 4. The van der Waals surface area contributed by atoms with Gasteiger partial charge in [0.15, 0.2) is 0 Å². The van der Waals surface area contributed by atoms with Crippen molar-refractivity contribution in [3.8, 4) is 0 Å². The summed E-state index contributed by atoms with van der Waals surface area (Å²) in [5.41, 5.74) is 7.66. The van der Waals surface area contributed by atoms with Crippen molar-refractivity contribution in [1.82, 2.24) is 10.3 Å². The van der Waals surface area contributed by atoms with Crippen LogP contribution >= 0.6 is 0 Å². The molecule has 1 aromatic heterocycles. The number of carbonyl (C=O) groups is 1. The van der Waals surface area contributed by atoms with E-state index >= 15 is 0 Å². The van der Waals surface area contributed by atoms with Crippen LogP contribution in [0.2, 0.25) is 0 Å². The molecule has 0 saturated carbocycles. The van der Waals surface area contributed by atoms with Crippen molar-refractivity contribution in [2.45, 2.75) is 19.4 Å². The quantitative estimate of drug-likeness (QED) is 0.878. The van der Waals surface area contributed by atoms with Gasteiger partial charge in [-0.1, -0.05) is 30.3 Å². The Labute approximate surface area is 112 Å². The third-order valence-corrected chi connectivity index (χ3v) is 2.78. The number of benzene rings is 1. The molecule has 98 valence electrons. The lowest BCUT2D eigenvalue weighted by Crippen LogP contribution is -2.34. The second kappa shape index (κ2) is 6.00. The van der Waals surface area contributed by atoms with E-state index in [1.807, 2.05) is 37.3 Å².